The number of ketones is 2. The number of allylic oxidation sites excluding steroid dienone is 4. The van der Waals surface area contributed by atoms with Crippen LogP contribution in [0.1, 0.15) is 98.2 Å². The molecule has 2 unspecified atom stereocenters. The molecule has 46 heavy (non-hydrogen) atoms. The normalized spacial score (nSPS) is 39.0. The number of hydrogen-bond donors (Lipinski definition) is 0. The molecule has 3 saturated carbocycles. The number of aromatic nitrogens is 3. The van der Waals surface area contributed by atoms with E-state index in [4.69, 9.17) is 0 Å². The van der Waals surface area contributed by atoms with Gasteiger partial charge in [-0.3, -0.25) is 23.9 Å². The number of pyridine rings is 1. The molecular weight excluding hydrogens is 572 g/mol. The molecule has 0 spiro atoms. The molecule has 240 valence electrons. The number of nitriles is 1. The molecule has 2 heterocycles. The molecular formula is C39H46N4O3. The van der Waals surface area contributed by atoms with Crippen molar-refractivity contribution in [3.63, 3.8) is 0 Å². The van der Waals surface area contributed by atoms with E-state index >= 15 is 0 Å². The van der Waals surface area contributed by atoms with E-state index in [0.29, 0.717) is 5.69 Å². The third-order valence-electron chi connectivity index (χ3n) is 14.0. The summed E-state index contributed by atoms with van der Waals surface area (Å²) in [7, 11) is 0. The largest absolute Gasteiger partial charge is 0.295 e. The Hall–Kier alpha value is -3.66. The van der Waals surface area contributed by atoms with Crippen molar-refractivity contribution in [2.75, 3.05) is 0 Å². The standard InChI is InChI=1S/C39H46N4O3/c1-34(2)13-15-39(33(46)43-22-27(42-23-43)26-10-8-9-17-41-26)16-14-38(7)31(25(39)20-34)28(44)18-30-36(5)19-24(21-40)32(45)35(3,4)29(36)11-12-37(30,38)6/h8-10,17-19,22-23,25,29,31H,11-16,20H2,1-7H3/t25?,29?,31-,36-,37+,38+,39-/m0/s1. The van der Waals surface area contributed by atoms with Gasteiger partial charge in [0.2, 0.25) is 5.91 Å². The second-order valence-corrected chi connectivity index (χ2v) is 17.1. The average Bonchev–Trinajstić information content (AvgIpc) is 3.50. The van der Waals surface area contributed by atoms with Crippen molar-refractivity contribution in [1.82, 2.24) is 14.5 Å². The summed E-state index contributed by atoms with van der Waals surface area (Å²) in [4.78, 5) is 52.0. The van der Waals surface area contributed by atoms with Crippen LogP contribution in [0.4, 0.5) is 0 Å². The first kappa shape index (κ1) is 31.0. The molecule has 0 amide bonds. The molecule has 2 aromatic rings. The highest BCUT2D eigenvalue weighted by atomic mass is 16.2. The van der Waals surface area contributed by atoms with Gasteiger partial charge in [0, 0.05) is 29.1 Å². The lowest BCUT2D eigenvalue weighted by Gasteiger charge is -2.69. The van der Waals surface area contributed by atoms with Crippen molar-refractivity contribution in [2.24, 2.45) is 50.2 Å². The van der Waals surface area contributed by atoms with Crippen LogP contribution in [0.15, 0.2) is 60.2 Å². The average molecular weight is 619 g/mol. The highest BCUT2D eigenvalue weighted by molar-refractivity contribution is 6.04. The summed E-state index contributed by atoms with van der Waals surface area (Å²) >= 11 is 0. The summed E-state index contributed by atoms with van der Waals surface area (Å²) in [5.41, 5.74) is 0.0662. The van der Waals surface area contributed by atoms with E-state index in [1.807, 2.05) is 44.2 Å². The van der Waals surface area contributed by atoms with Gasteiger partial charge < -0.3 is 0 Å². The molecule has 7 rings (SSSR count). The fraction of sp³-hybridized carbons (Fsp3) is 0.590. The van der Waals surface area contributed by atoms with Crippen LogP contribution in [-0.2, 0) is 9.59 Å². The molecule has 0 saturated heterocycles. The number of nitrogens with zero attached hydrogens (tertiary/aromatic N) is 4. The van der Waals surface area contributed by atoms with Crippen LogP contribution in [-0.4, -0.2) is 32.0 Å². The topological polar surface area (TPSA) is 106 Å². The van der Waals surface area contributed by atoms with E-state index in [1.165, 1.54) is 0 Å². The maximum absolute atomic E-state index is 14.8. The van der Waals surface area contributed by atoms with Crippen LogP contribution < -0.4 is 0 Å². The summed E-state index contributed by atoms with van der Waals surface area (Å²) in [5, 5.41) is 10.0. The van der Waals surface area contributed by atoms with Gasteiger partial charge in [0.1, 0.15) is 18.1 Å². The number of rotatable bonds is 2. The first-order valence-electron chi connectivity index (χ1n) is 17.0. The van der Waals surface area contributed by atoms with E-state index in [9.17, 15) is 19.6 Å². The summed E-state index contributed by atoms with van der Waals surface area (Å²) in [6.45, 7) is 15.3. The Kier molecular flexibility index (Phi) is 6.52. The Morgan fingerprint density at radius 3 is 2.39 bits per heavy atom. The van der Waals surface area contributed by atoms with Crippen LogP contribution in [0.25, 0.3) is 11.4 Å². The first-order valence-corrected chi connectivity index (χ1v) is 17.0. The number of imidazole rings is 1. The quantitative estimate of drug-likeness (QED) is 0.340. The highest BCUT2D eigenvalue weighted by Gasteiger charge is 2.71. The number of Topliss-reactive ketones (excluding diaryl/α,β-unsaturated/α-hetero) is 1. The lowest BCUT2D eigenvalue weighted by molar-refractivity contribution is -0.164. The molecule has 5 aliphatic rings. The number of carbonyl (C=O) groups excluding carboxylic acids is 3. The molecule has 0 aromatic carbocycles. The van der Waals surface area contributed by atoms with Crippen molar-refractivity contribution in [3.8, 4) is 17.5 Å². The summed E-state index contributed by atoms with van der Waals surface area (Å²) in [6.07, 6.45) is 14.7. The second kappa shape index (κ2) is 9.69. The van der Waals surface area contributed by atoms with Crippen LogP contribution in [0, 0.1) is 61.6 Å². The summed E-state index contributed by atoms with van der Waals surface area (Å²) in [5.74, 6) is -0.339. The number of carbonyl (C=O) groups is 3. The van der Waals surface area contributed by atoms with Gasteiger partial charge in [-0.1, -0.05) is 66.2 Å². The van der Waals surface area contributed by atoms with E-state index in [1.54, 1.807) is 23.3 Å². The van der Waals surface area contributed by atoms with Crippen molar-refractivity contribution in [2.45, 2.75) is 93.4 Å². The SMILES string of the molecule is CC1(C)CC[C@]2(C(=O)n3cnc(-c4ccccn4)c3)CC[C@]3(C)[C@H](C(=O)C=C4[C@@]5(C)C=C(C#N)C(=O)C(C)(C)C5CC[C@]43C)C2C1. The van der Waals surface area contributed by atoms with Gasteiger partial charge in [-0.2, -0.15) is 5.26 Å². The van der Waals surface area contributed by atoms with E-state index in [-0.39, 0.29) is 57.0 Å². The van der Waals surface area contributed by atoms with Gasteiger partial charge >= 0.3 is 0 Å². The summed E-state index contributed by atoms with van der Waals surface area (Å²) < 4.78 is 1.66. The van der Waals surface area contributed by atoms with Gasteiger partial charge in [0.05, 0.1) is 16.7 Å². The zero-order chi connectivity index (χ0) is 33.1. The monoisotopic (exact) mass is 618 g/mol. The van der Waals surface area contributed by atoms with Gasteiger partial charge in [-0.15, -0.1) is 0 Å². The van der Waals surface area contributed by atoms with E-state index in [2.05, 4.69) is 50.7 Å². The van der Waals surface area contributed by atoms with Gasteiger partial charge in [-0.05, 0) is 91.2 Å². The minimum absolute atomic E-state index is 0.00397. The fourth-order valence-corrected chi connectivity index (χ4v) is 11.3. The Labute approximate surface area is 272 Å². The van der Waals surface area contributed by atoms with Crippen molar-refractivity contribution < 1.29 is 14.4 Å². The van der Waals surface area contributed by atoms with Crippen molar-refractivity contribution in [1.29, 1.82) is 5.26 Å². The van der Waals surface area contributed by atoms with E-state index in [0.717, 1.165) is 56.2 Å². The fourth-order valence-electron chi connectivity index (χ4n) is 11.3. The van der Waals surface area contributed by atoms with Gasteiger partial charge in [-0.25, -0.2) is 4.98 Å². The predicted octanol–water partition coefficient (Wildman–Crippen LogP) is 7.80. The lowest BCUT2D eigenvalue weighted by Crippen LogP contribution is -2.66. The first-order chi connectivity index (χ1) is 21.5. The molecule has 3 fully saturated rings. The molecule has 7 atom stereocenters. The number of fused-ring (bicyclic) bond motifs is 7. The Morgan fingerprint density at radius 2 is 1.70 bits per heavy atom. The minimum atomic E-state index is -0.696. The molecule has 2 aromatic heterocycles. The summed E-state index contributed by atoms with van der Waals surface area (Å²) in [6, 6.07) is 7.86. The molecule has 0 N–H and O–H groups in total. The lowest BCUT2D eigenvalue weighted by atomic mass is 9.34. The van der Waals surface area contributed by atoms with Crippen LogP contribution in [0.3, 0.4) is 0 Å². The molecule has 0 aliphatic heterocycles. The maximum atomic E-state index is 14.8. The second-order valence-electron chi connectivity index (χ2n) is 17.1. The zero-order valence-corrected chi connectivity index (χ0v) is 28.3. The molecule has 7 heteroatoms. The van der Waals surface area contributed by atoms with Crippen molar-refractivity contribution >= 4 is 17.5 Å². The molecule has 0 radical (unpaired) electrons. The minimum Gasteiger partial charge on any atom is -0.295 e. The van der Waals surface area contributed by atoms with E-state index < -0.39 is 16.2 Å². The molecule has 0 bridgehead atoms. The number of hydrogen-bond acceptors (Lipinski definition) is 6. The Balaban J connectivity index is 1.34. The van der Waals surface area contributed by atoms with Crippen LogP contribution >= 0.6 is 0 Å². The van der Waals surface area contributed by atoms with Crippen molar-refractivity contribution in [3.05, 3.63) is 60.2 Å². The van der Waals surface area contributed by atoms with Crippen LogP contribution in [0.5, 0.6) is 0 Å². The smallest absolute Gasteiger partial charge is 0.238 e. The maximum Gasteiger partial charge on any atom is 0.238 e. The zero-order valence-electron chi connectivity index (χ0n) is 28.3. The third kappa shape index (κ3) is 3.91. The Bertz CT molecular complexity index is 1770. The van der Waals surface area contributed by atoms with Crippen LogP contribution in [0.2, 0.25) is 0 Å². The van der Waals surface area contributed by atoms with Gasteiger partial charge in [0.25, 0.3) is 0 Å². The Morgan fingerprint density at radius 1 is 0.957 bits per heavy atom. The third-order valence-corrected chi connectivity index (χ3v) is 14.0. The van der Waals surface area contributed by atoms with Gasteiger partial charge in [0.15, 0.2) is 11.6 Å². The predicted molar refractivity (Wildman–Crippen MR) is 175 cm³/mol. The highest BCUT2D eigenvalue weighted by Crippen LogP contribution is 2.74. The molecule has 5 aliphatic carbocycles. The molecule has 7 nitrogen and oxygen atoms in total.